The highest BCUT2D eigenvalue weighted by atomic mass is 35.5. The number of rotatable bonds is 6. The molecule has 3 N–H and O–H groups in total. The standard InChI is InChI=1S/C22H26ClN3S/c1-4-15-7-6-8-16(5-2)21(15)26-22(27)24-12-11-18-14(3)25-20-10-9-17(23)13-19(18)20/h6-10,13,25H,4-5,11-12H2,1-3H3,(H2,24,26,27). The SMILES string of the molecule is CCc1cccc(CC)c1NC(=S)NCCc1c(C)[nH]c2ccc(Cl)cc12. The number of halogens is 1. The summed E-state index contributed by atoms with van der Waals surface area (Å²) in [5, 5.41) is 9.38. The topological polar surface area (TPSA) is 39.8 Å². The van der Waals surface area contributed by atoms with E-state index in [0.717, 1.165) is 42.0 Å². The molecule has 0 aliphatic rings. The number of benzene rings is 2. The predicted molar refractivity (Wildman–Crippen MR) is 121 cm³/mol. The molecule has 0 saturated carbocycles. The minimum Gasteiger partial charge on any atom is -0.362 e. The third kappa shape index (κ3) is 4.45. The van der Waals surface area contributed by atoms with Gasteiger partial charge in [0.2, 0.25) is 0 Å². The summed E-state index contributed by atoms with van der Waals surface area (Å²) < 4.78 is 0. The van der Waals surface area contributed by atoms with Crippen LogP contribution in [0.4, 0.5) is 5.69 Å². The van der Waals surface area contributed by atoms with Gasteiger partial charge in [-0.2, -0.15) is 0 Å². The molecule has 27 heavy (non-hydrogen) atoms. The number of nitrogens with one attached hydrogen (secondary N) is 3. The van der Waals surface area contributed by atoms with Gasteiger partial charge in [-0.15, -0.1) is 0 Å². The molecular formula is C22H26ClN3S. The lowest BCUT2D eigenvalue weighted by Crippen LogP contribution is -2.31. The van der Waals surface area contributed by atoms with E-state index in [-0.39, 0.29) is 0 Å². The Morgan fingerprint density at radius 3 is 2.48 bits per heavy atom. The Bertz CT molecular complexity index is 939. The van der Waals surface area contributed by atoms with E-state index in [4.69, 9.17) is 23.8 Å². The zero-order chi connectivity index (χ0) is 19.4. The first-order chi connectivity index (χ1) is 13.0. The van der Waals surface area contributed by atoms with Gasteiger partial charge in [-0.1, -0.05) is 43.6 Å². The minimum atomic E-state index is 0.668. The number of para-hydroxylation sites is 1. The Morgan fingerprint density at radius 1 is 1.11 bits per heavy atom. The number of aryl methyl sites for hydroxylation is 3. The summed E-state index contributed by atoms with van der Waals surface area (Å²) in [5.41, 5.74) is 7.32. The van der Waals surface area contributed by atoms with Gasteiger partial charge in [0.1, 0.15) is 0 Å². The van der Waals surface area contributed by atoms with Crippen molar-refractivity contribution in [3.8, 4) is 0 Å². The molecule has 0 aliphatic carbocycles. The first-order valence-corrected chi connectivity index (χ1v) is 10.2. The van der Waals surface area contributed by atoms with Gasteiger partial charge in [-0.25, -0.2) is 0 Å². The van der Waals surface area contributed by atoms with Crippen LogP contribution in [0.1, 0.15) is 36.2 Å². The molecule has 0 amide bonds. The van der Waals surface area contributed by atoms with Gasteiger partial charge in [-0.05, 0) is 73.3 Å². The lowest BCUT2D eigenvalue weighted by Gasteiger charge is -2.17. The van der Waals surface area contributed by atoms with Crippen molar-refractivity contribution >= 4 is 45.5 Å². The maximum absolute atomic E-state index is 6.17. The third-order valence-corrected chi connectivity index (χ3v) is 5.46. The first-order valence-electron chi connectivity index (χ1n) is 9.45. The van der Waals surface area contributed by atoms with Gasteiger partial charge in [0, 0.05) is 33.9 Å². The summed E-state index contributed by atoms with van der Waals surface area (Å²) in [4.78, 5) is 3.43. The zero-order valence-electron chi connectivity index (χ0n) is 16.1. The Morgan fingerprint density at radius 2 is 1.81 bits per heavy atom. The van der Waals surface area contributed by atoms with E-state index in [9.17, 15) is 0 Å². The second kappa shape index (κ2) is 8.77. The van der Waals surface area contributed by atoms with Crippen LogP contribution in [-0.4, -0.2) is 16.6 Å². The normalized spacial score (nSPS) is 11.0. The van der Waals surface area contributed by atoms with E-state index in [2.05, 4.69) is 54.6 Å². The Labute approximate surface area is 171 Å². The quantitative estimate of drug-likeness (QED) is 0.460. The molecule has 1 aromatic heterocycles. The lowest BCUT2D eigenvalue weighted by atomic mass is 10.0. The smallest absolute Gasteiger partial charge is 0.170 e. The fourth-order valence-electron chi connectivity index (χ4n) is 3.54. The largest absolute Gasteiger partial charge is 0.362 e. The molecule has 1 heterocycles. The molecule has 142 valence electrons. The highest BCUT2D eigenvalue weighted by Gasteiger charge is 2.10. The van der Waals surface area contributed by atoms with Gasteiger partial charge in [0.15, 0.2) is 5.11 Å². The van der Waals surface area contributed by atoms with Crippen LogP contribution in [0.3, 0.4) is 0 Å². The van der Waals surface area contributed by atoms with Crippen molar-refractivity contribution in [3.63, 3.8) is 0 Å². The second-order valence-corrected chi connectivity index (χ2v) is 7.55. The number of hydrogen-bond donors (Lipinski definition) is 3. The van der Waals surface area contributed by atoms with Crippen molar-refractivity contribution in [2.45, 2.75) is 40.0 Å². The van der Waals surface area contributed by atoms with E-state index in [0.29, 0.717) is 5.11 Å². The number of H-pyrrole nitrogens is 1. The van der Waals surface area contributed by atoms with Crippen molar-refractivity contribution in [1.29, 1.82) is 0 Å². The molecule has 0 saturated heterocycles. The average molecular weight is 400 g/mol. The number of anilines is 1. The van der Waals surface area contributed by atoms with Crippen LogP contribution in [0, 0.1) is 6.92 Å². The molecule has 0 unspecified atom stereocenters. The monoisotopic (exact) mass is 399 g/mol. The van der Waals surface area contributed by atoms with Crippen molar-refractivity contribution in [1.82, 2.24) is 10.3 Å². The number of hydrogen-bond acceptors (Lipinski definition) is 1. The lowest BCUT2D eigenvalue weighted by molar-refractivity contribution is 0.871. The fourth-order valence-corrected chi connectivity index (χ4v) is 3.91. The van der Waals surface area contributed by atoms with Crippen LogP contribution in [0.25, 0.3) is 10.9 Å². The van der Waals surface area contributed by atoms with Crippen molar-refractivity contribution < 1.29 is 0 Å². The Hall–Kier alpha value is -2.04. The summed E-state index contributed by atoms with van der Waals surface area (Å²) in [7, 11) is 0. The van der Waals surface area contributed by atoms with Crippen LogP contribution >= 0.6 is 23.8 Å². The number of fused-ring (bicyclic) bond motifs is 1. The number of thiocarbonyl (C=S) groups is 1. The van der Waals surface area contributed by atoms with E-state index >= 15 is 0 Å². The van der Waals surface area contributed by atoms with Gasteiger partial charge in [0.25, 0.3) is 0 Å². The Kier molecular flexibility index (Phi) is 6.40. The number of aromatic nitrogens is 1. The molecule has 0 spiro atoms. The zero-order valence-corrected chi connectivity index (χ0v) is 17.7. The maximum atomic E-state index is 6.17. The van der Waals surface area contributed by atoms with Gasteiger partial charge in [-0.3, -0.25) is 0 Å². The summed E-state index contributed by atoms with van der Waals surface area (Å²) >= 11 is 11.7. The number of aromatic amines is 1. The van der Waals surface area contributed by atoms with Crippen molar-refractivity contribution in [2.75, 3.05) is 11.9 Å². The van der Waals surface area contributed by atoms with Crippen LogP contribution in [-0.2, 0) is 19.3 Å². The molecule has 0 radical (unpaired) electrons. The van der Waals surface area contributed by atoms with Gasteiger partial charge >= 0.3 is 0 Å². The summed E-state index contributed by atoms with van der Waals surface area (Å²) in [6.07, 6.45) is 2.84. The van der Waals surface area contributed by atoms with Gasteiger partial charge < -0.3 is 15.6 Å². The fraction of sp³-hybridized carbons (Fsp3) is 0.318. The second-order valence-electron chi connectivity index (χ2n) is 6.71. The summed E-state index contributed by atoms with van der Waals surface area (Å²) in [6, 6.07) is 12.4. The first kappa shape index (κ1) is 19.7. The minimum absolute atomic E-state index is 0.668. The van der Waals surface area contributed by atoms with E-state index in [1.54, 1.807) is 0 Å². The molecule has 3 nitrogen and oxygen atoms in total. The maximum Gasteiger partial charge on any atom is 0.170 e. The van der Waals surface area contributed by atoms with Crippen LogP contribution in [0.5, 0.6) is 0 Å². The van der Waals surface area contributed by atoms with Crippen LogP contribution in [0.15, 0.2) is 36.4 Å². The molecular weight excluding hydrogens is 374 g/mol. The van der Waals surface area contributed by atoms with E-state index in [1.807, 2.05) is 18.2 Å². The van der Waals surface area contributed by atoms with E-state index < -0.39 is 0 Å². The van der Waals surface area contributed by atoms with Crippen molar-refractivity contribution in [2.24, 2.45) is 0 Å². The molecule has 0 atom stereocenters. The van der Waals surface area contributed by atoms with Crippen LogP contribution in [0.2, 0.25) is 5.02 Å². The molecule has 5 heteroatoms. The van der Waals surface area contributed by atoms with Gasteiger partial charge in [0.05, 0.1) is 0 Å². The molecule has 2 aromatic carbocycles. The predicted octanol–water partition coefficient (Wildman–Crippen LogP) is 5.78. The summed E-state index contributed by atoms with van der Waals surface area (Å²) in [6.45, 7) is 7.20. The molecule has 0 aliphatic heterocycles. The summed E-state index contributed by atoms with van der Waals surface area (Å²) in [5.74, 6) is 0. The molecule has 0 bridgehead atoms. The highest BCUT2D eigenvalue weighted by molar-refractivity contribution is 7.80. The highest BCUT2D eigenvalue weighted by Crippen LogP contribution is 2.26. The third-order valence-electron chi connectivity index (χ3n) is 4.98. The van der Waals surface area contributed by atoms with E-state index in [1.165, 1.54) is 27.8 Å². The Balaban J connectivity index is 1.66. The van der Waals surface area contributed by atoms with Crippen molar-refractivity contribution in [3.05, 3.63) is 63.8 Å². The van der Waals surface area contributed by atoms with Crippen LogP contribution < -0.4 is 10.6 Å². The molecule has 3 aromatic rings. The average Bonchev–Trinajstić information content (AvgIpc) is 2.96. The molecule has 0 fully saturated rings. The molecule has 3 rings (SSSR count).